The normalized spacial score (nSPS) is 23.5. The van der Waals surface area contributed by atoms with Crippen molar-refractivity contribution in [2.45, 2.75) is 51.1 Å². The predicted molar refractivity (Wildman–Crippen MR) is 127 cm³/mol. The lowest BCUT2D eigenvalue weighted by Gasteiger charge is -2.45. The maximum Gasteiger partial charge on any atom is 0.250 e. The highest BCUT2D eigenvalue weighted by Gasteiger charge is 2.44. The fraction of sp³-hybridized carbons (Fsp3) is 0.481. The molecule has 1 atom stereocenters. The molecule has 2 amide bonds. The quantitative estimate of drug-likeness (QED) is 0.633. The van der Waals surface area contributed by atoms with Gasteiger partial charge in [0.1, 0.15) is 24.1 Å². The Bertz CT molecular complexity index is 969. The second kappa shape index (κ2) is 10.3. The Labute approximate surface area is 196 Å². The number of rotatable bonds is 7. The molecule has 1 saturated heterocycles. The van der Waals surface area contributed by atoms with Gasteiger partial charge >= 0.3 is 0 Å². The van der Waals surface area contributed by atoms with Gasteiger partial charge in [-0.25, -0.2) is 0 Å². The van der Waals surface area contributed by atoms with E-state index in [1.165, 1.54) is 0 Å². The molecule has 0 spiro atoms. The molecule has 1 aliphatic heterocycles. The Morgan fingerprint density at radius 2 is 1.67 bits per heavy atom. The highest BCUT2D eigenvalue weighted by molar-refractivity contribution is 5.96. The standard InChI is InChI=1S/C27H34N2O4/c1-19-9-11-21(12-10-19)29-18-25(30)28(16-15-20-7-5-4-6-8-20)26(27(29)31)23-17-22(32-2)13-14-24(23)33-3/h4-8,13-14,17,19,21,26H,9-12,15-16,18H2,1-3H3/t19?,21?,26-/m1/s1. The second-order valence-corrected chi connectivity index (χ2v) is 9.21. The predicted octanol–water partition coefficient (Wildman–Crippen LogP) is 4.24. The minimum atomic E-state index is -0.723. The van der Waals surface area contributed by atoms with Gasteiger partial charge < -0.3 is 19.3 Å². The van der Waals surface area contributed by atoms with Crippen LogP contribution in [0.15, 0.2) is 48.5 Å². The van der Waals surface area contributed by atoms with E-state index in [1.54, 1.807) is 19.1 Å². The molecule has 1 aliphatic carbocycles. The van der Waals surface area contributed by atoms with Crippen molar-refractivity contribution < 1.29 is 19.1 Å². The highest BCUT2D eigenvalue weighted by atomic mass is 16.5. The monoisotopic (exact) mass is 450 g/mol. The molecule has 4 rings (SSSR count). The van der Waals surface area contributed by atoms with Crippen LogP contribution >= 0.6 is 0 Å². The third kappa shape index (κ3) is 5.00. The minimum absolute atomic E-state index is 0.0148. The Morgan fingerprint density at radius 1 is 0.939 bits per heavy atom. The van der Waals surface area contributed by atoms with Crippen LogP contribution in [0.3, 0.4) is 0 Å². The van der Waals surface area contributed by atoms with E-state index in [1.807, 2.05) is 53.4 Å². The van der Waals surface area contributed by atoms with Gasteiger partial charge in [0.05, 0.1) is 14.2 Å². The summed E-state index contributed by atoms with van der Waals surface area (Å²) in [5.41, 5.74) is 1.81. The molecule has 1 saturated carbocycles. The molecule has 0 radical (unpaired) electrons. The molecule has 2 aliphatic rings. The summed E-state index contributed by atoms with van der Waals surface area (Å²) in [7, 11) is 3.19. The number of ether oxygens (including phenoxy) is 2. The van der Waals surface area contributed by atoms with Crippen LogP contribution in [0.2, 0.25) is 0 Å². The molecule has 0 bridgehead atoms. The molecule has 1 heterocycles. The molecule has 0 unspecified atom stereocenters. The summed E-state index contributed by atoms with van der Waals surface area (Å²) in [5, 5.41) is 0. The van der Waals surface area contributed by atoms with Crippen molar-refractivity contribution in [1.82, 2.24) is 9.80 Å². The van der Waals surface area contributed by atoms with Gasteiger partial charge in [0.2, 0.25) is 5.91 Å². The summed E-state index contributed by atoms with van der Waals surface area (Å²) >= 11 is 0. The van der Waals surface area contributed by atoms with E-state index < -0.39 is 6.04 Å². The van der Waals surface area contributed by atoms with Crippen molar-refractivity contribution in [2.24, 2.45) is 5.92 Å². The average Bonchev–Trinajstić information content (AvgIpc) is 2.85. The summed E-state index contributed by atoms with van der Waals surface area (Å²) in [6.45, 7) is 2.87. The molecular weight excluding hydrogens is 416 g/mol. The van der Waals surface area contributed by atoms with Crippen molar-refractivity contribution in [1.29, 1.82) is 0 Å². The van der Waals surface area contributed by atoms with Gasteiger partial charge in [-0.15, -0.1) is 0 Å². The summed E-state index contributed by atoms with van der Waals surface area (Å²) in [6.07, 6.45) is 4.77. The van der Waals surface area contributed by atoms with Crippen molar-refractivity contribution in [3.8, 4) is 11.5 Å². The first-order chi connectivity index (χ1) is 16.0. The topological polar surface area (TPSA) is 59.1 Å². The highest BCUT2D eigenvalue weighted by Crippen LogP contribution is 2.38. The van der Waals surface area contributed by atoms with Gasteiger partial charge in [-0.05, 0) is 61.8 Å². The third-order valence-electron chi connectivity index (χ3n) is 7.10. The first-order valence-corrected chi connectivity index (χ1v) is 11.9. The van der Waals surface area contributed by atoms with E-state index in [0.717, 1.165) is 31.2 Å². The first-order valence-electron chi connectivity index (χ1n) is 11.9. The van der Waals surface area contributed by atoms with Crippen molar-refractivity contribution in [3.05, 3.63) is 59.7 Å². The molecular formula is C27H34N2O4. The van der Waals surface area contributed by atoms with E-state index in [2.05, 4.69) is 6.92 Å². The smallest absolute Gasteiger partial charge is 0.250 e. The molecule has 2 aromatic rings. The van der Waals surface area contributed by atoms with Gasteiger partial charge in [0.25, 0.3) is 5.91 Å². The summed E-state index contributed by atoms with van der Waals surface area (Å²) in [4.78, 5) is 31.0. The van der Waals surface area contributed by atoms with Crippen LogP contribution in [-0.2, 0) is 16.0 Å². The Hall–Kier alpha value is -3.02. The number of benzene rings is 2. The largest absolute Gasteiger partial charge is 0.497 e. The van der Waals surface area contributed by atoms with Crippen LogP contribution in [0, 0.1) is 5.92 Å². The maximum atomic E-state index is 14.0. The lowest BCUT2D eigenvalue weighted by Crippen LogP contribution is -2.59. The van der Waals surface area contributed by atoms with Crippen LogP contribution < -0.4 is 9.47 Å². The molecule has 0 N–H and O–H groups in total. The third-order valence-corrected chi connectivity index (χ3v) is 7.10. The maximum absolute atomic E-state index is 14.0. The average molecular weight is 451 g/mol. The summed E-state index contributed by atoms with van der Waals surface area (Å²) < 4.78 is 11.1. The van der Waals surface area contributed by atoms with E-state index in [4.69, 9.17) is 9.47 Å². The zero-order valence-electron chi connectivity index (χ0n) is 19.8. The van der Waals surface area contributed by atoms with Crippen LogP contribution in [-0.4, -0.2) is 55.0 Å². The number of carbonyl (C=O) groups excluding carboxylic acids is 2. The van der Waals surface area contributed by atoms with E-state index >= 15 is 0 Å². The Balaban J connectivity index is 1.68. The fourth-order valence-electron chi connectivity index (χ4n) is 5.11. The minimum Gasteiger partial charge on any atom is -0.497 e. The van der Waals surface area contributed by atoms with Crippen molar-refractivity contribution in [3.63, 3.8) is 0 Å². The molecule has 6 heteroatoms. The van der Waals surface area contributed by atoms with Crippen LogP contribution in [0.25, 0.3) is 0 Å². The Morgan fingerprint density at radius 3 is 2.33 bits per heavy atom. The zero-order chi connectivity index (χ0) is 23.4. The molecule has 2 fully saturated rings. The first kappa shape index (κ1) is 23.1. The van der Waals surface area contributed by atoms with Gasteiger partial charge in [0, 0.05) is 18.2 Å². The van der Waals surface area contributed by atoms with E-state index in [9.17, 15) is 9.59 Å². The summed E-state index contributed by atoms with van der Waals surface area (Å²) in [6, 6.07) is 14.9. The Kier molecular flexibility index (Phi) is 7.21. The van der Waals surface area contributed by atoms with Gasteiger partial charge in [-0.2, -0.15) is 0 Å². The number of piperazine rings is 1. The number of hydrogen-bond donors (Lipinski definition) is 0. The molecule has 176 valence electrons. The van der Waals surface area contributed by atoms with E-state index in [0.29, 0.717) is 35.9 Å². The molecule has 33 heavy (non-hydrogen) atoms. The fourth-order valence-corrected chi connectivity index (χ4v) is 5.11. The van der Waals surface area contributed by atoms with Crippen LogP contribution in [0.4, 0.5) is 0 Å². The summed E-state index contributed by atoms with van der Waals surface area (Å²) in [5.74, 6) is 1.87. The molecule has 6 nitrogen and oxygen atoms in total. The second-order valence-electron chi connectivity index (χ2n) is 9.21. The van der Waals surface area contributed by atoms with Crippen LogP contribution in [0.1, 0.15) is 49.8 Å². The zero-order valence-corrected chi connectivity index (χ0v) is 19.8. The van der Waals surface area contributed by atoms with Crippen molar-refractivity contribution >= 4 is 11.8 Å². The number of methoxy groups -OCH3 is 2. The van der Waals surface area contributed by atoms with Crippen LogP contribution in [0.5, 0.6) is 11.5 Å². The SMILES string of the molecule is COc1ccc(OC)c([C@@H]2C(=O)N(C3CCC(C)CC3)CC(=O)N2CCc2ccccc2)c1. The van der Waals surface area contributed by atoms with Gasteiger partial charge in [-0.3, -0.25) is 9.59 Å². The number of nitrogens with zero attached hydrogens (tertiary/aromatic N) is 2. The van der Waals surface area contributed by atoms with Gasteiger partial charge in [0.15, 0.2) is 0 Å². The number of amides is 2. The van der Waals surface area contributed by atoms with E-state index in [-0.39, 0.29) is 24.4 Å². The molecule has 2 aromatic carbocycles. The molecule has 0 aromatic heterocycles. The lowest BCUT2D eigenvalue weighted by atomic mass is 9.85. The number of carbonyl (C=O) groups is 2. The van der Waals surface area contributed by atoms with Crippen molar-refractivity contribution in [2.75, 3.05) is 27.3 Å². The lowest BCUT2D eigenvalue weighted by molar-refractivity contribution is -0.159. The number of hydrogen-bond acceptors (Lipinski definition) is 4. The van der Waals surface area contributed by atoms with Gasteiger partial charge in [-0.1, -0.05) is 37.3 Å².